The van der Waals surface area contributed by atoms with Crippen LogP contribution in [0, 0.1) is 0 Å². The lowest BCUT2D eigenvalue weighted by Crippen LogP contribution is -2.20. The van der Waals surface area contributed by atoms with Crippen LogP contribution in [0.25, 0.3) is 21.8 Å². The molecule has 0 spiro atoms. The van der Waals surface area contributed by atoms with Gasteiger partial charge in [-0.05, 0) is 44.5 Å². The van der Waals surface area contributed by atoms with Gasteiger partial charge in [0.25, 0.3) is 0 Å². The summed E-state index contributed by atoms with van der Waals surface area (Å²) in [6.07, 6.45) is 6.38. The fraction of sp³-hybridized carbons (Fsp3) is 0.182. The van der Waals surface area contributed by atoms with Crippen molar-refractivity contribution >= 4 is 52.0 Å². The monoisotopic (exact) mass is 456 g/mol. The standard InChI is InChI=1S/C22H18Cl2N4OS/c1-3-9-25-12(2)20-19(16-5-4-13(23)11-17(16)24)28-22(30-20)15-8-10-26-21-14(15)6-7-18(29)27-21/h3-5,8-11H,6-7H2,1-2H3,(H,26,27,29)/b9-3-,25-12?. The molecule has 2 aromatic heterocycles. The summed E-state index contributed by atoms with van der Waals surface area (Å²) in [5.41, 5.74) is 4.35. The number of aliphatic imine (C=N–C) groups is 1. The van der Waals surface area contributed by atoms with Crippen LogP contribution in [0.1, 0.15) is 30.7 Å². The van der Waals surface area contributed by atoms with Crippen LogP contribution in [-0.4, -0.2) is 21.6 Å². The zero-order valence-corrected chi connectivity index (χ0v) is 18.7. The number of fused-ring (bicyclic) bond motifs is 1. The number of anilines is 1. The number of benzene rings is 1. The van der Waals surface area contributed by atoms with E-state index in [0.717, 1.165) is 38.0 Å². The molecule has 3 heterocycles. The largest absolute Gasteiger partial charge is 0.310 e. The lowest BCUT2D eigenvalue weighted by atomic mass is 10.0. The topological polar surface area (TPSA) is 67.2 Å². The smallest absolute Gasteiger partial charge is 0.225 e. The molecule has 1 aliphatic rings. The molecule has 152 valence electrons. The van der Waals surface area contributed by atoms with Crippen molar-refractivity contribution in [3.8, 4) is 21.8 Å². The van der Waals surface area contributed by atoms with Gasteiger partial charge in [-0.2, -0.15) is 0 Å². The third-order valence-electron chi connectivity index (χ3n) is 4.71. The van der Waals surface area contributed by atoms with Gasteiger partial charge in [0.05, 0.1) is 21.3 Å². The van der Waals surface area contributed by atoms with Crippen LogP contribution in [0.5, 0.6) is 0 Å². The van der Waals surface area contributed by atoms with Crippen LogP contribution < -0.4 is 5.32 Å². The quantitative estimate of drug-likeness (QED) is 0.461. The number of halogens is 2. The lowest BCUT2D eigenvalue weighted by Gasteiger charge is -2.17. The average molecular weight is 457 g/mol. The van der Waals surface area contributed by atoms with Crippen molar-refractivity contribution in [2.75, 3.05) is 5.32 Å². The normalized spacial score (nSPS) is 14.1. The number of nitrogens with one attached hydrogen (secondary N) is 1. The molecule has 0 fully saturated rings. The van der Waals surface area contributed by atoms with Gasteiger partial charge in [0.1, 0.15) is 10.8 Å². The number of allylic oxidation sites excluding steroid dienone is 1. The van der Waals surface area contributed by atoms with E-state index in [9.17, 15) is 4.79 Å². The number of hydrogen-bond donors (Lipinski definition) is 1. The van der Waals surface area contributed by atoms with E-state index in [2.05, 4.69) is 15.3 Å². The molecular weight excluding hydrogens is 439 g/mol. The molecule has 0 unspecified atom stereocenters. The molecule has 30 heavy (non-hydrogen) atoms. The van der Waals surface area contributed by atoms with E-state index in [0.29, 0.717) is 28.7 Å². The van der Waals surface area contributed by atoms with Gasteiger partial charge in [0.15, 0.2) is 0 Å². The maximum atomic E-state index is 11.8. The second-order valence-corrected chi connectivity index (χ2v) is 8.59. The highest BCUT2D eigenvalue weighted by Crippen LogP contribution is 2.40. The highest BCUT2D eigenvalue weighted by molar-refractivity contribution is 7.17. The summed E-state index contributed by atoms with van der Waals surface area (Å²) in [5.74, 6) is 0.584. The van der Waals surface area contributed by atoms with Gasteiger partial charge in [-0.15, -0.1) is 11.3 Å². The van der Waals surface area contributed by atoms with Gasteiger partial charge in [-0.25, -0.2) is 9.97 Å². The number of thiazole rings is 1. The van der Waals surface area contributed by atoms with E-state index < -0.39 is 0 Å². The van der Waals surface area contributed by atoms with Gasteiger partial charge in [-0.1, -0.05) is 29.3 Å². The van der Waals surface area contributed by atoms with Crippen LogP contribution >= 0.6 is 34.5 Å². The Morgan fingerprint density at radius 1 is 1.23 bits per heavy atom. The summed E-state index contributed by atoms with van der Waals surface area (Å²) in [6, 6.07) is 7.32. The number of nitrogens with zero attached hydrogens (tertiary/aromatic N) is 3. The molecule has 8 heteroatoms. The Bertz CT molecular complexity index is 1200. The molecule has 3 aromatic rings. The lowest BCUT2D eigenvalue weighted by molar-refractivity contribution is -0.116. The van der Waals surface area contributed by atoms with Crippen molar-refractivity contribution in [2.24, 2.45) is 4.99 Å². The fourth-order valence-corrected chi connectivity index (χ4v) is 4.86. The van der Waals surface area contributed by atoms with Crippen LogP contribution in [-0.2, 0) is 11.2 Å². The van der Waals surface area contributed by atoms with Gasteiger partial charge >= 0.3 is 0 Å². The SMILES string of the molecule is C/C=C\N=C(C)c1sc(-c2ccnc3c2CCC(=O)N3)nc1-c1ccc(Cl)cc1Cl. The molecule has 0 radical (unpaired) electrons. The second-order valence-electron chi connectivity index (χ2n) is 6.75. The predicted molar refractivity (Wildman–Crippen MR) is 125 cm³/mol. The number of pyridine rings is 1. The van der Waals surface area contributed by atoms with E-state index in [-0.39, 0.29) is 5.91 Å². The maximum Gasteiger partial charge on any atom is 0.225 e. The Morgan fingerprint density at radius 2 is 2.07 bits per heavy atom. The Kier molecular flexibility index (Phi) is 5.99. The zero-order valence-electron chi connectivity index (χ0n) is 16.4. The van der Waals surface area contributed by atoms with Gasteiger partial charge in [0.2, 0.25) is 5.91 Å². The molecule has 0 saturated carbocycles. The van der Waals surface area contributed by atoms with E-state index in [1.807, 2.05) is 32.1 Å². The first-order chi connectivity index (χ1) is 14.5. The van der Waals surface area contributed by atoms with Crippen molar-refractivity contribution in [1.82, 2.24) is 9.97 Å². The van der Waals surface area contributed by atoms with Crippen molar-refractivity contribution in [2.45, 2.75) is 26.7 Å². The van der Waals surface area contributed by atoms with Crippen LogP contribution in [0.2, 0.25) is 10.0 Å². The summed E-state index contributed by atoms with van der Waals surface area (Å²) >= 11 is 14.1. The molecule has 1 aliphatic heterocycles. The average Bonchev–Trinajstić information content (AvgIpc) is 3.16. The highest BCUT2D eigenvalue weighted by Gasteiger charge is 2.24. The number of hydrogen-bond acceptors (Lipinski definition) is 5. The summed E-state index contributed by atoms with van der Waals surface area (Å²) < 4.78 is 0. The second kappa shape index (κ2) is 8.68. The summed E-state index contributed by atoms with van der Waals surface area (Å²) in [4.78, 5) is 26.5. The Labute approximate surface area is 188 Å². The number of amides is 1. The van der Waals surface area contributed by atoms with E-state index in [1.54, 1.807) is 35.9 Å². The third-order valence-corrected chi connectivity index (χ3v) is 6.45. The third kappa shape index (κ3) is 4.03. The number of carbonyl (C=O) groups excluding carboxylic acids is 1. The van der Waals surface area contributed by atoms with E-state index in [1.165, 1.54) is 0 Å². The molecule has 4 rings (SSSR count). The van der Waals surface area contributed by atoms with Gasteiger partial charge in [-0.3, -0.25) is 9.79 Å². The first kappa shape index (κ1) is 20.7. The van der Waals surface area contributed by atoms with Gasteiger partial charge < -0.3 is 5.32 Å². The Balaban J connectivity index is 1.90. The maximum absolute atomic E-state index is 11.8. The van der Waals surface area contributed by atoms with Crippen molar-refractivity contribution in [1.29, 1.82) is 0 Å². The predicted octanol–water partition coefficient (Wildman–Crippen LogP) is 6.41. The minimum Gasteiger partial charge on any atom is -0.310 e. The fourth-order valence-electron chi connectivity index (χ4n) is 3.28. The summed E-state index contributed by atoms with van der Waals surface area (Å²) in [5, 5.41) is 4.78. The van der Waals surface area contributed by atoms with Gasteiger partial charge in [0, 0.05) is 40.5 Å². The summed E-state index contributed by atoms with van der Waals surface area (Å²) in [7, 11) is 0. The van der Waals surface area contributed by atoms with Crippen LogP contribution in [0.3, 0.4) is 0 Å². The molecule has 0 aliphatic carbocycles. The first-order valence-electron chi connectivity index (χ1n) is 9.38. The van der Waals surface area contributed by atoms with Crippen LogP contribution in [0.4, 0.5) is 5.82 Å². The Morgan fingerprint density at radius 3 is 2.83 bits per heavy atom. The molecule has 5 nitrogen and oxygen atoms in total. The van der Waals surface area contributed by atoms with E-state index >= 15 is 0 Å². The number of aromatic nitrogens is 2. The minimum absolute atomic E-state index is 0.0186. The molecule has 1 aromatic carbocycles. The molecule has 1 amide bonds. The molecule has 0 saturated heterocycles. The number of rotatable bonds is 4. The van der Waals surface area contributed by atoms with Crippen molar-refractivity contribution in [3.63, 3.8) is 0 Å². The highest BCUT2D eigenvalue weighted by atomic mass is 35.5. The first-order valence-corrected chi connectivity index (χ1v) is 11.0. The summed E-state index contributed by atoms with van der Waals surface area (Å²) in [6.45, 7) is 3.87. The van der Waals surface area contributed by atoms with E-state index in [4.69, 9.17) is 28.2 Å². The Hall–Kier alpha value is -2.54. The number of carbonyl (C=O) groups is 1. The van der Waals surface area contributed by atoms with Crippen LogP contribution in [0.15, 0.2) is 47.7 Å². The zero-order chi connectivity index (χ0) is 21.3. The van der Waals surface area contributed by atoms with Crippen molar-refractivity contribution in [3.05, 3.63) is 63.2 Å². The molecule has 1 N–H and O–H groups in total. The van der Waals surface area contributed by atoms with Crippen molar-refractivity contribution < 1.29 is 4.79 Å². The molecular formula is C22H18Cl2N4OS. The molecule has 0 atom stereocenters. The minimum atomic E-state index is -0.0186. The molecule has 0 bridgehead atoms.